The molecule has 1 heterocycles. The molecule has 1 aromatic rings. The first-order valence-electron chi connectivity index (χ1n) is 6.40. The Morgan fingerprint density at radius 2 is 2.00 bits per heavy atom. The van der Waals surface area contributed by atoms with E-state index in [2.05, 4.69) is 5.32 Å². The van der Waals surface area contributed by atoms with Crippen LogP contribution in [0.4, 0.5) is 9.18 Å². The van der Waals surface area contributed by atoms with Gasteiger partial charge in [-0.2, -0.15) is 0 Å². The number of rotatable bonds is 4. The van der Waals surface area contributed by atoms with E-state index in [4.69, 9.17) is 0 Å². The van der Waals surface area contributed by atoms with E-state index in [1.54, 1.807) is 12.1 Å². The number of carbonyl (C=O) groups excluding carboxylic acids is 2. The average molecular weight is 264 g/mol. The van der Waals surface area contributed by atoms with E-state index in [0.29, 0.717) is 6.54 Å². The molecule has 0 radical (unpaired) electrons. The van der Waals surface area contributed by atoms with Crippen LogP contribution >= 0.6 is 0 Å². The van der Waals surface area contributed by atoms with Gasteiger partial charge in [0.05, 0.1) is 0 Å². The maximum Gasteiger partial charge on any atom is 0.325 e. The van der Waals surface area contributed by atoms with Crippen molar-refractivity contribution in [1.29, 1.82) is 0 Å². The average Bonchev–Trinajstić information content (AvgIpc) is 2.59. The van der Waals surface area contributed by atoms with Crippen molar-refractivity contribution >= 4 is 11.9 Å². The van der Waals surface area contributed by atoms with E-state index in [1.807, 2.05) is 6.92 Å². The van der Waals surface area contributed by atoms with Crippen LogP contribution in [0.3, 0.4) is 0 Å². The molecule has 1 unspecified atom stereocenters. The Kier molecular flexibility index (Phi) is 3.55. The third-order valence-electron chi connectivity index (χ3n) is 3.42. The number of nitrogens with one attached hydrogen (secondary N) is 1. The van der Waals surface area contributed by atoms with Crippen LogP contribution in [0.15, 0.2) is 24.3 Å². The summed E-state index contributed by atoms with van der Waals surface area (Å²) in [6.45, 7) is 3.89. The maximum absolute atomic E-state index is 13.8. The van der Waals surface area contributed by atoms with E-state index in [1.165, 1.54) is 19.1 Å². The molecule has 0 bridgehead atoms. The first-order valence-corrected chi connectivity index (χ1v) is 6.40. The van der Waals surface area contributed by atoms with E-state index < -0.39 is 23.3 Å². The lowest BCUT2D eigenvalue weighted by atomic mass is 9.91. The van der Waals surface area contributed by atoms with Gasteiger partial charge in [0.1, 0.15) is 11.4 Å². The number of urea groups is 1. The van der Waals surface area contributed by atoms with Gasteiger partial charge in [-0.05, 0) is 19.4 Å². The Labute approximate surface area is 111 Å². The molecule has 1 atom stereocenters. The Morgan fingerprint density at radius 1 is 1.32 bits per heavy atom. The lowest BCUT2D eigenvalue weighted by Gasteiger charge is -2.22. The number of amides is 3. The molecule has 1 aromatic carbocycles. The number of halogens is 1. The largest absolute Gasteiger partial charge is 0.325 e. The van der Waals surface area contributed by atoms with Crippen LogP contribution in [-0.4, -0.2) is 23.4 Å². The number of benzene rings is 1. The quantitative estimate of drug-likeness (QED) is 0.849. The molecule has 1 N–H and O–H groups in total. The van der Waals surface area contributed by atoms with E-state index in [-0.39, 0.29) is 5.56 Å². The minimum atomic E-state index is -1.31. The third kappa shape index (κ3) is 2.20. The summed E-state index contributed by atoms with van der Waals surface area (Å²) in [5.74, 6) is -0.882. The Bertz CT molecular complexity index is 518. The van der Waals surface area contributed by atoms with Crippen molar-refractivity contribution in [3.63, 3.8) is 0 Å². The number of nitrogens with zero attached hydrogens (tertiary/aromatic N) is 1. The fourth-order valence-corrected chi connectivity index (χ4v) is 2.27. The van der Waals surface area contributed by atoms with Crippen molar-refractivity contribution in [3.05, 3.63) is 35.6 Å². The number of hydrogen-bond acceptors (Lipinski definition) is 2. The molecule has 2 rings (SSSR count). The van der Waals surface area contributed by atoms with Crippen LogP contribution in [0.1, 0.15) is 32.3 Å². The SMILES string of the molecule is CCCCN1C(=O)NC(C)(c2ccccc2F)C1=O. The maximum atomic E-state index is 13.8. The van der Waals surface area contributed by atoms with Crippen LogP contribution < -0.4 is 5.32 Å². The van der Waals surface area contributed by atoms with Gasteiger partial charge in [-0.15, -0.1) is 0 Å². The zero-order valence-corrected chi connectivity index (χ0v) is 11.1. The van der Waals surface area contributed by atoms with Gasteiger partial charge in [-0.3, -0.25) is 9.69 Å². The minimum absolute atomic E-state index is 0.201. The predicted molar refractivity (Wildman–Crippen MR) is 68.9 cm³/mol. The van der Waals surface area contributed by atoms with Gasteiger partial charge in [0.15, 0.2) is 0 Å². The molecular formula is C14H17FN2O2. The molecule has 102 valence electrons. The van der Waals surface area contributed by atoms with E-state index in [9.17, 15) is 14.0 Å². The fraction of sp³-hybridized carbons (Fsp3) is 0.429. The topological polar surface area (TPSA) is 49.4 Å². The normalized spacial score (nSPS) is 22.8. The monoisotopic (exact) mass is 264 g/mol. The Morgan fingerprint density at radius 3 is 2.63 bits per heavy atom. The smallest absolute Gasteiger partial charge is 0.319 e. The van der Waals surface area contributed by atoms with Gasteiger partial charge in [0, 0.05) is 12.1 Å². The molecule has 1 fully saturated rings. The van der Waals surface area contributed by atoms with Gasteiger partial charge in [-0.25, -0.2) is 9.18 Å². The second-order valence-corrected chi connectivity index (χ2v) is 4.85. The lowest BCUT2D eigenvalue weighted by Crippen LogP contribution is -2.41. The number of carbonyl (C=O) groups is 2. The van der Waals surface area contributed by atoms with Crippen LogP contribution in [0.5, 0.6) is 0 Å². The summed E-state index contributed by atoms with van der Waals surface area (Å²) in [6.07, 6.45) is 1.62. The van der Waals surface area contributed by atoms with Gasteiger partial charge < -0.3 is 5.32 Å². The molecule has 1 saturated heterocycles. The molecule has 4 nitrogen and oxygen atoms in total. The summed E-state index contributed by atoms with van der Waals surface area (Å²) < 4.78 is 13.8. The molecule has 0 aromatic heterocycles. The standard InChI is InChI=1S/C14H17FN2O2/c1-3-4-9-17-12(18)14(2,16-13(17)19)10-7-5-6-8-11(10)15/h5-8H,3-4,9H2,1-2H3,(H,16,19). The zero-order chi connectivity index (χ0) is 14.0. The van der Waals surface area contributed by atoms with E-state index >= 15 is 0 Å². The highest BCUT2D eigenvalue weighted by molar-refractivity contribution is 6.07. The van der Waals surface area contributed by atoms with Crippen molar-refractivity contribution in [3.8, 4) is 0 Å². The van der Waals surface area contributed by atoms with E-state index in [0.717, 1.165) is 17.7 Å². The van der Waals surface area contributed by atoms with Crippen LogP contribution in [0.2, 0.25) is 0 Å². The molecule has 1 aliphatic rings. The highest BCUT2D eigenvalue weighted by Gasteiger charge is 2.49. The van der Waals surface area contributed by atoms with Gasteiger partial charge >= 0.3 is 6.03 Å². The number of unbranched alkanes of at least 4 members (excludes halogenated alkanes) is 1. The van der Waals surface area contributed by atoms with Crippen molar-refractivity contribution in [2.75, 3.05) is 6.54 Å². The van der Waals surface area contributed by atoms with Crippen LogP contribution in [-0.2, 0) is 10.3 Å². The molecule has 1 aliphatic heterocycles. The molecule has 3 amide bonds. The molecule has 5 heteroatoms. The second kappa shape index (κ2) is 4.99. The predicted octanol–water partition coefficient (Wildman–Crippen LogP) is 2.39. The summed E-state index contributed by atoms with van der Waals surface area (Å²) in [7, 11) is 0. The third-order valence-corrected chi connectivity index (χ3v) is 3.42. The fourth-order valence-electron chi connectivity index (χ4n) is 2.27. The van der Waals surface area contributed by atoms with Crippen molar-refractivity contribution in [2.45, 2.75) is 32.2 Å². The van der Waals surface area contributed by atoms with Crippen LogP contribution in [0, 0.1) is 5.82 Å². The van der Waals surface area contributed by atoms with Gasteiger partial charge in [-0.1, -0.05) is 31.5 Å². The summed E-state index contributed by atoms with van der Waals surface area (Å²) in [6, 6.07) is 5.56. The Hall–Kier alpha value is -1.91. The van der Waals surface area contributed by atoms with Crippen molar-refractivity contribution in [1.82, 2.24) is 10.2 Å². The molecular weight excluding hydrogens is 247 g/mol. The van der Waals surface area contributed by atoms with Crippen LogP contribution in [0.25, 0.3) is 0 Å². The summed E-state index contributed by atoms with van der Waals surface area (Å²) in [5.41, 5.74) is -1.11. The summed E-state index contributed by atoms with van der Waals surface area (Å²) in [4.78, 5) is 25.4. The number of imide groups is 1. The Balaban J connectivity index is 2.33. The second-order valence-electron chi connectivity index (χ2n) is 4.85. The number of hydrogen-bond donors (Lipinski definition) is 1. The molecule has 0 aliphatic carbocycles. The summed E-state index contributed by atoms with van der Waals surface area (Å²) in [5, 5.41) is 2.59. The van der Waals surface area contributed by atoms with Gasteiger partial charge in [0.25, 0.3) is 5.91 Å². The zero-order valence-electron chi connectivity index (χ0n) is 11.1. The minimum Gasteiger partial charge on any atom is -0.319 e. The lowest BCUT2D eigenvalue weighted by molar-refractivity contribution is -0.131. The highest BCUT2D eigenvalue weighted by Crippen LogP contribution is 2.30. The van der Waals surface area contributed by atoms with Gasteiger partial charge in [0.2, 0.25) is 0 Å². The van der Waals surface area contributed by atoms with Crippen molar-refractivity contribution in [2.24, 2.45) is 0 Å². The first-order chi connectivity index (χ1) is 9.00. The molecule has 0 saturated carbocycles. The summed E-state index contributed by atoms with van der Waals surface area (Å²) >= 11 is 0. The molecule has 0 spiro atoms. The molecule has 19 heavy (non-hydrogen) atoms. The first kappa shape index (κ1) is 13.5. The highest BCUT2D eigenvalue weighted by atomic mass is 19.1. The van der Waals surface area contributed by atoms with Crippen molar-refractivity contribution < 1.29 is 14.0 Å².